The Morgan fingerprint density at radius 2 is 1.44 bits per heavy atom. The minimum atomic E-state index is -1.78. The molecule has 0 aliphatic carbocycles. The first kappa shape index (κ1) is 12.1. The molecule has 0 atom stereocenters. The van der Waals surface area contributed by atoms with E-state index in [1.54, 1.807) is 0 Å². The van der Waals surface area contributed by atoms with Gasteiger partial charge in [-0.05, 0) is 23.8 Å². The number of hydrogen-bond acceptors (Lipinski definition) is 3. The van der Waals surface area contributed by atoms with E-state index < -0.39 is 34.7 Å². The molecule has 0 radical (unpaired) electrons. The lowest BCUT2D eigenvalue weighted by atomic mass is 10.0. The highest BCUT2D eigenvalue weighted by Crippen LogP contribution is 2.37. The molecule has 0 aromatic heterocycles. The van der Waals surface area contributed by atoms with Gasteiger partial charge in [0.25, 0.3) is 0 Å². The van der Waals surface area contributed by atoms with E-state index in [0.29, 0.717) is 6.07 Å². The zero-order valence-corrected chi connectivity index (χ0v) is 8.78. The Morgan fingerprint density at radius 3 is 2.06 bits per heavy atom. The highest BCUT2D eigenvalue weighted by Gasteiger charge is 2.19. The lowest BCUT2D eigenvalue weighted by molar-refractivity contribution is 0.388. The van der Waals surface area contributed by atoms with E-state index in [4.69, 9.17) is 5.11 Å². The summed E-state index contributed by atoms with van der Waals surface area (Å²) < 4.78 is 39.0. The Labute approximate surface area is 99.4 Å². The maximum atomic E-state index is 13.1. The highest BCUT2D eigenvalue weighted by atomic mass is 19.2. The molecule has 0 unspecified atom stereocenters. The topological polar surface area (TPSA) is 60.7 Å². The summed E-state index contributed by atoms with van der Waals surface area (Å²) in [4.78, 5) is 0. The summed E-state index contributed by atoms with van der Waals surface area (Å²) in [5.41, 5.74) is -0.303. The zero-order valence-electron chi connectivity index (χ0n) is 8.78. The lowest BCUT2D eigenvalue weighted by Gasteiger charge is -2.08. The summed E-state index contributed by atoms with van der Waals surface area (Å²) in [6.07, 6.45) is 0. The Bertz CT molecular complexity index is 626. The average molecular weight is 256 g/mol. The monoisotopic (exact) mass is 256 g/mol. The van der Waals surface area contributed by atoms with Crippen molar-refractivity contribution < 1.29 is 28.5 Å². The molecule has 3 N–H and O–H groups in total. The zero-order chi connectivity index (χ0) is 13.4. The minimum Gasteiger partial charge on any atom is -0.504 e. The quantitative estimate of drug-likeness (QED) is 0.543. The fourth-order valence-corrected chi connectivity index (χ4v) is 1.50. The standard InChI is InChI=1S/C12H7F3O3/c13-7-4-6(12(18)11(15)10(7)14)5-1-2-8(16)9(17)3-5/h1-4,16-18H. The maximum absolute atomic E-state index is 13.1. The normalized spacial score (nSPS) is 10.6. The van der Waals surface area contributed by atoms with Gasteiger partial charge in [-0.15, -0.1) is 0 Å². The molecule has 0 heterocycles. The van der Waals surface area contributed by atoms with Crippen molar-refractivity contribution in [2.24, 2.45) is 0 Å². The van der Waals surface area contributed by atoms with Crippen molar-refractivity contribution in [3.8, 4) is 28.4 Å². The van der Waals surface area contributed by atoms with Crippen molar-refractivity contribution in [1.29, 1.82) is 0 Å². The third-order valence-corrected chi connectivity index (χ3v) is 2.42. The van der Waals surface area contributed by atoms with Gasteiger partial charge < -0.3 is 15.3 Å². The van der Waals surface area contributed by atoms with Crippen molar-refractivity contribution in [3.05, 3.63) is 41.7 Å². The molecular formula is C12H7F3O3. The second-order valence-electron chi connectivity index (χ2n) is 3.59. The third kappa shape index (κ3) is 1.81. The molecule has 6 heteroatoms. The van der Waals surface area contributed by atoms with E-state index >= 15 is 0 Å². The second kappa shape index (κ2) is 4.14. The molecule has 94 valence electrons. The number of phenols is 3. The van der Waals surface area contributed by atoms with Crippen LogP contribution in [0.25, 0.3) is 11.1 Å². The second-order valence-corrected chi connectivity index (χ2v) is 3.59. The summed E-state index contributed by atoms with van der Waals surface area (Å²) in [7, 11) is 0. The van der Waals surface area contributed by atoms with Crippen LogP contribution < -0.4 is 0 Å². The highest BCUT2D eigenvalue weighted by molar-refractivity contribution is 5.72. The van der Waals surface area contributed by atoms with Crippen LogP contribution in [0.4, 0.5) is 13.2 Å². The number of rotatable bonds is 1. The van der Waals surface area contributed by atoms with Crippen LogP contribution in [0, 0.1) is 17.5 Å². The molecule has 0 saturated carbocycles. The van der Waals surface area contributed by atoms with Crippen LogP contribution in [-0.4, -0.2) is 15.3 Å². The van der Waals surface area contributed by atoms with E-state index in [2.05, 4.69) is 0 Å². The smallest absolute Gasteiger partial charge is 0.204 e. The van der Waals surface area contributed by atoms with Crippen molar-refractivity contribution in [2.75, 3.05) is 0 Å². The van der Waals surface area contributed by atoms with Gasteiger partial charge in [0.05, 0.1) is 0 Å². The van der Waals surface area contributed by atoms with Gasteiger partial charge in [-0.3, -0.25) is 0 Å². The summed E-state index contributed by atoms with van der Waals surface area (Å²) in [6.45, 7) is 0. The first-order chi connectivity index (χ1) is 8.41. The number of phenolic OH excluding ortho intramolecular Hbond substituents is 3. The molecule has 2 rings (SSSR count). The first-order valence-electron chi connectivity index (χ1n) is 4.80. The summed E-state index contributed by atoms with van der Waals surface area (Å²) in [5, 5.41) is 27.7. The molecule has 0 saturated heterocycles. The number of aromatic hydroxyl groups is 3. The number of benzene rings is 2. The van der Waals surface area contributed by atoms with Crippen LogP contribution in [0.15, 0.2) is 24.3 Å². The molecule has 0 fully saturated rings. The lowest BCUT2D eigenvalue weighted by Crippen LogP contribution is -1.93. The van der Waals surface area contributed by atoms with Gasteiger partial charge in [-0.1, -0.05) is 6.07 Å². The molecule has 18 heavy (non-hydrogen) atoms. The molecular weight excluding hydrogens is 249 g/mol. The minimum absolute atomic E-state index is 0.0283. The Balaban J connectivity index is 2.67. The summed E-state index contributed by atoms with van der Waals surface area (Å²) in [5.74, 6) is -6.98. The Kier molecular flexibility index (Phi) is 2.78. The first-order valence-corrected chi connectivity index (χ1v) is 4.80. The van der Waals surface area contributed by atoms with Crippen LogP contribution in [0.3, 0.4) is 0 Å². The van der Waals surface area contributed by atoms with Crippen LogP contribution in [0.5, 0.6) is 17.2 Å². The summed E-state index contributed by atoms with van der Waals surface area (Å²) in [6, 6.07) is 3.87. The van der Waals surface area contributed by atoms with Crippen molar-refractivity contribution in [1.82, 2.24) is 0 Å². The molecule has 0 aliphatic rings. The van der Waals surface area contributed by atoms with E-state index in [1.807, 2.05) is 0 Å². The Morgan fingerprint density at radius 1 is 0.778 bits per heavy atom. The molecule has 0 amide bonds. The number of halogens is 3. The largest absolute Gasteiger partial charge is 0.504 e. The van der Waals surface area contributed by atoms with Gasteiger partial charge in [-0.2, -0.15) is 4.39 Å². The van der Waals surface area contributed by atoms with Crippen LogP contribution >= 0.6 is 0 Å². The van der Waals surface area contributed by atoms with Crippen LogP contribution in [-0.2, 0) is 0 Å². The average Bonchev–Trinajstić information content (AvgIpc) is 2.35. The van der Waals surface area contributed by atoms with Crippen molar-refractivity contribution >= 4 is 0 Å². The van der Waals surface area contributed by atoms with Gasteiger partial charge >= 0.3 is 0 Å². The van der Waals surface area contributed by atoms with Crippen molar-refractivity contribution in [2.45, 2.75) is 0 Å². The molecule has 2 aromatic rings. The van der Waals surface area contributed by atoms with E-state index in [1.165, 1.54) is 6.07 Å². The molecule has 0 aliphatic heterocycles. The number of hydrogen-bond donors (Lipinski definition) is 3. The third-order valence-electron chi connectivity index (χ3n) is 2.42. The van der Waals surface area contributed by atoms with E-state index in [-0.39, 0.29) is 11.1 Å². The SMILES string of the molecule is Oc1ccc(-c2cc(F)c(F)c(F)c2O)cc1O. The molecule has 3 nitrogen and oxygen atoms in total. The van der Waals surface area contributed by atoms with Gasteiger partial charge in [0.15, 0.2) is 28.9 Å². The van der Waals surface area contributed by atoms with Gasteiger partial charge in [0.1, 0.15) is 0 Å². The fraction of sp³-hybridized carbons (Fsp3) is 0. The Hall–Kier alpha value is -2.37. The van der Waals surface area contributed by atoms with Gasteiger partial charge in [0.2, 0.25) is 5.82 Å². The maximum Gasteiger partial charge on any atom is 0.204 e. The van der Waals surface area contributed by atoms with Gasteiger partial charge in [0, 0.05) is 5.56 Å². The predicted octanol–water partition coefficient (Wildman–Crippen LogP) is 2.89. The molecule has 2 aromatic carbocycles. The summed E-state index contributed by atoms with van der Waals surface area (Å²) >= 11 is 0. The molecule has 0 spiro atoms. The van der Waals surface area contributed by atoms with Gasteiger partial charge in [-0.25, -0.2) is 8.78 Å². The fourth-order valence-electron chi connectivity index (χ4n) is 1.50. The van der Waals surface area contributed by atoms with Crippen LogP contribution in [0.2, 0.25) is 0 Å². The predicted molar refractivity (Wildman–Crippen MR) is 56.7 cm³/mol. The van der Waals surface area contributed by atoms with E-state index in [9.17, 15) is 23.4 Å². The van der Waals surface area contributed by atoms with Crippen LogP contribution in [0.1, 0.15) is 0 Å². The van der Waals surface area contributed by atoms with Crippen molar-refractivity contribution in [3.63, 3.8) is 0 Å². The molecule has 0 bridgehead atoms. The van der Waals surface area contributed by atoms with E-state index in [0.717, 1.165) is 12.1 Å².